The van der Waals surface area contributed by atoms with Crippen molar-refractivity contribution >= 4 is 17.3 Å². The second-order valence-corrected chi connectivity index (χ2v) is 5.42. The number of aromatic nitrogens is 3. The van der Waals surface area contributed by atoms with Gasteiger partial charge in [0.25, 0.3) is 0 Å². The molecule has 0 N–H and O–H groups in total. The first-order chi connectivity index (χ1) is 9.74. The van der Waals surface area contributed by atoms with Gasteiger partial charge >= 0.3 is 0 Å². The Bertz CT molecular complexity index is 574. The van der Waals surface area contributed by atoms with E-state index < -0.39 is 0 Å². The first-order valence-electron chi connectivity index (χ1n) is 6.79. The summed E-state index contributed by atoms with van der Waals surface area (Å²) >= 11 is 6.25. The molecule has 0 unspecified atom stereocenters. The Balaban J connectivity index is 1.60. The molecular weight excluding hydrogens is 274 g/mol. The highest BCUT2D eigenvalue weighted by Crippen LogP contribution is 2.26. The molecule has 1 fully saturated rings. The predicted octanol–water partition coefficient (Wildman–Crippen LogP) is 1.79. The number of nitrogens with zero attached hydrogens (tertiary/aromatic N) is 5. The molecule has 1 aromatic heterocycles. The second-order valence-electron chi connectivity index (χ2n) is 5.01. The molecule has 5 nitrogen and oxygen atoms in total. The van der Waals surface area contributed by atoms with Gasteiger partial charge < -0.3 is 4.90 Å². The predicted molar refractivity (Wildman–Crippen MR) is 79.9 cm³/mol. The van der Waals surface area contributed by atoms with E-state index in [1.54, 1.807) is 6.33 Å². The van der Waals surface area contributed by atoms with Crippen LogP contribution in [0, 0.1) is 0 Å². The summed E-state index contributed by atoms with van der Waals surface area (Å²) in [5.41, 5.74) is 1.13. The molecule has 2 aromatic rings. The monoisotopic (exact) mass is 291 g/mol. The van der Waals surface area contributed by atoms with Crippen LogP contribution in [0.25, 0.3) is 0 Å². The average Bonchev–Trinajstić information content (AvgIpc) is 2.86. The quantitative estimate of drug-likeness (QED) is 0.864. The lowest BCUT2D eigenvalue weighted by molar-refractivity contribution is 0.241. The van der Waals surface area contributed by atoms with Gasteiger partial charge in [0.1, 0.15) is 12.2 Å². The van der Waals surface area contributed by atoms with E-state index in [1.165, 1.54) is 0 Å². The zero-order valence-electron chi connectivity index (χ0n) is 11.5. The Morgan fingerprint density at radius 2 is 1.90 bits per heavy atom. The van der Waals surface area contributed by atoms with Crippen molar-refractivity contribution in [2.75, 3.05) is 31.1 Å². The molecule has 1 saturated heterocycles. The second kappa shape index (κ2) is 5.81. The number of hydrogen-bond acceptors (Lipinski definition) is 4. The van der Waals surface area contributed by atoms with Gasteiger partial charge in [-0.25, -0.2) is 4.98 Å². The van der Waals surface area contributed by atoms with Crippen molar-refractivity contribution in [3.8, 4) is 0 Å². The minimum absolute atomic E-state index is 0.828. The molecular formula is C14H18ClN5. The zero-order valence-corrected chi connectivity index (χ0v) is 12.3. The Kier molecular flexibility index (Phi) is 3.89. The number of piperazine rings is 1. The number of anilines is 1. The van der Waals surface area contributed by atoms with Crippen molar-refractivity contribution < 1.29 is 0 Å². The van der Waals surface area contributed by atoms with Crippen molar-refractivity contribution in [1.29, 1.82) is 0 Å². The average molecular weight is 292 g/mol. The summed E-state index contributed by atoms with van der Waals surface area (Å²) in [6, 6.07) is 8.03. The summed E-state index contributed by atoms with van der Waals surface area (Å²) in [4.78, 5) is 9.02. The lowest BCUT2D eigenvalue weighted by Crippen LogP contribution is -2.46. The third kappa shape index (κ3) is 2.78. The highest BCUT2D eigenvalue weighted by Gasteiger charge is 2.19. The summed E-state index contributed by atoms with van der Waals surface area (Å²) < 4.78 is 1.83. The van der Waals surface area contributed by atoms with Crippen molar-refractivity contribution in [3.63, 3.8) is 0 Å². The molecule has 2 heterocycles. The first kappa shape index (κ1) is 13.4. The summed E-state index contributed by atoms with van der Waals surface area (Å²) in [6.07, 6.45) is 1.61. The number of benzene rings is 1. The van der Waals surface area contributed by atoms with Gasteiger partial charge in [-0.15, -0.1) is 0 Å². The lowest BCUT2D eigenvalue weighted by Gasteiger charge is -2.36. The number of hydrogen-bond donors (Lipinski definition) is 0. The summed E-state index contributed by atoms with van der Waals surface area (Å²) in [7, 11) is 1.93. The van der Waals surface area contributed by atoms with E-state index in [0.29, 0.717) is 0 Å². The van der Waals surface area contributed by atoms with Crippen LogP contribution in [-0.2, 0) is 13.6 Å². The third-order valence-electron chi connectivity index (χ3n) is 3.74. The maximum atomic E-state index is 6.25. The summed E-state index contributed by atoms with van der Waals surface area (Å²) in [6.45, 7) is 4.85. The highest BCUT2D eigenvalue weighted by molar-refractivity contribution is 6.33. The molecule has 0 amide bonds. The molecule has 1 aliphatic heterocycles. The largest absolute Gasteiger partial charge is 0.368 e. The highest BCUT2D eigenvalue weighted by atomic mass is 35.5. The normalized spacial score (nSPS) is 16.6. The van der Waals surface area contributed by atoms with Crippen molar-refractivity contribution in [2.45, 2.75) is 6.54 Å². The van der Waals surface area contributed by atoms with E-state index in [2.05, 4.69) is 25.9 Å². The lowest BCUT2D eigenvalue weighted by atomic mass is 10.2. The third-order valence-corrected chi connectivity index (χ3v) is 4.06. The maximum absolute atomic E-state index is 6.25. The fourth-order valence-electron chi connectivity index (χ4n) is 2.52. The van der Waals surface area contributed by atoms with Crippen LogP contribution in [0.15, 0.2) is 30.6 Å². The minimum Gasteiger partial charge on any atom is -0.368 e. The van der Waals surface area contributed by atoms with Crippen molar-refractivity contribution in [2.24, 2.45) is 7.05 Å². The molecule has 6 heteroatoms. The Hall–Kier alpha value is -1.59. The van der Waals surface area contributed by atoms with Crippen LogP contribution < -0.4 is 4.90 Å². The molecule has 0 radical (unpaired) electrons. The number of aryl methyl sites for hydroxylation is 1. The molecule has 1 aromatic carbocycles. The standard InChI is InChI=1S/C14H18ClN5/c1-18-14(16-11-17-18)10-19-6-8-20(9-7-19)13-5-3-2-4-12(13)15/h2-5,11H,6-10H2,1H3. The molecule has 0 bridgehead atoms. The SMILES string of the molecule is Cn1ncnc1CN1CCN(c2ccccc2Cl)CC1. The van der Waals surface area contributed by atoms with Crippen molar-refractivity contribution in [3.05, 3.63) is 41.4 Å². The van der Waals surface area contributed by atoms with Gasteiger partial charge in [-0.3, -0.25) is 9.58 Å². The number of para-hydroxylation sites is 1. The smallest absolute Gasteiger partial charge is 0.140 e. The molecule has 106 valence electrons. The van der Waals surface area contributed by atoms with Crippen LogP contribution in [0.1, 0.15) is 5.82 Å². The fraction of sp³-hybridized carbons (Fsp3) is 0.429. The fourth-order valence-corrected chi connectivity index (χ4v) is 2.77. The van der Waals surface area contributed by atoms with E-state index in [1.807, 2.05) is 29.9 Å². The van der Waals surface area contributed by atoms with E-state index >= 15 is 0 Å². The summed E-state index contributed by atoms with van der Waals surface area (Å²) in [5, 5.41) is 4.94. The van der Waals surface area contributed by atoms with Crippen LogP contribution in [0.5, 0.6) is 0 Å². The van der Waals surface area contributed by atoms with Gasteiger partial charge in [0.2, 0.25) is 0 Å². The van der Waals surface area contributed by atoms with Crippen LogP contribution in [-0.4, -0.2) is 45.8 Å². The molecule has 1 aliphatic rings. The molecule has 20 heavy (non-hydrogen) atoms. The maximum Gasteiger partial charge on any atom is 0.140 e. The molecule has 0 aliphatic carbocycles. The molecule has 3 rings (SSSR count). The van der Waals surface area contributed by atoms with Gasteiger partial charge in [0, 0.05) is 33.2 Å². The first-order valence-corrected chi connectivity index (χ1v) is 7.16. The number of rotatable bonds is 3. The Morgan fingerprint density at radius 3 is 2.55 bits per heavy atom. The number of halogens is 1. The van der Waals surface area contributed by atoms with Gasteiger partial charge in [-0.1, -0.05) is 23.7 Å². The zero-order chi connectivity index (χ0) is 13.9. The van der Waals surface area contributed by atoms with Crippen LogP contribution in [0.4, 0.5) is 5.69 Å². The van der Waals surface area contributed by atoms with Gasteiger partial charge in [-0.05, 0) is 12.1 Å². The van der Waals surface area contributed by atoms with E-state index in [4.69, 9.17) is 11.6 Å². The topological polar surface area (TPSA) is 37.2 Å². The summed E-state index contributed by atoms with van der Waals surface area (Å²) in [5.74, 6) is 1.01. The van der Waals surface area contributed by atoms with Gasteiger partial charge in [0.05, 0.1) is 17.3 Å². The Morgan fingerprint density at radius 1 is 1.15 bits per heavy atom. The van der Waals surface area contributed by atoms with Crippen LogP contribution in [0.2, 0.25) is 5.02 Å². The molecule has 0 saturated carbocycles. The molecule has 0 atom stereocenters. The van der Waals surface area contributed by atoms with Crippen molar-refractivity contribution in [1.82, 2.24) is 19.7 Å². The van der Waals surface area contributed by atoms with E-state index in [-0.39, 0.29) is 0 Å². The minimum atomic E-state index is 0.828. The van der Waals surface area contributed by atoms with Crippen LogP contribution >= 0.6 is 11.6 Å². The Labute approximate surface area is 123 Å². The van der Waals surface area contributed by atoms with E-state index in [0.717, 1.165) is 49.3 Å². The van der Waals surface area contributed by atoms with Crippen LogP contribution in [0.3, 0.4) is 0 Å². The van der Waals surface area contributed by atoms with E-state index in [9.17, 15) is 0 Å². The van der Waals surface area contributed by atoms with Gasteiger partial charge in [-0.2, -0.15) is 5.10 Å². The van der Waals surface area contributed by atoms with Gasteiger partial charge in [0.15, 0.2) is 0 Å². The molecule has 0 spiro atoms.